The number of hydrogen-bond donors (Lipinski definition) is 13. The van der Waals surface area contributed by atoms with E-state index in [9.17, 15) is 28.4 Å². The SMILES string of the molecule is CNC(=O)c1ccc(-c2c[nH]c3nc(Nc4ccc(C(=O)NC)cc4Cl)nc(OC4CCCC4)c23)cc1.CNC(=O)c1ccc(Nc2nc(OC(C)C)c3c(-c4ccc5nc(C)oc5c4)c[nH]c3n2)c(Cl)c1.CNC(=O)c1ccc(Nc2nc(OC3CCOCC3)c3c(-c4ccn(C)c4)c[nH]c3n2)c(Cl)c1.COc1cc(C(=O)NC2COC2)ccc1Nc1nc(OC)c2c(-c3cc(C)nc(F)c3)c[nH]c2n1. The standard InChI is InChI=1S/C27H27ClN6O3.C25H23ClN6O3.C24H25ClN6O3.C24H23FN6O4/c1-29-24(35)16-9-7-15(8-10-16)19-14-31-23-22(19)26(37-18-5-3-4-6-18)34-27(33-23)32-21-12-11-17(13-20(21)28)25(36)30-2;1-12(2)34-24-21-16(14-5-8-19-20(10-14)35-13(3)29-19)11-28-22(21)31-25(32-24)30-18-7-6-15(9-17(18)26)23(33)27-4;1-26-22(32)14-3-4-19(18(25)11-14)28-24-29-21-20(17(12-27-21)15-5-8-31(2)13-15)23(30-24)34-16-6-9-33-10-7-16;1-12-6-14(8-19(25)27-12)16-9-26-21-20(16)23(34-3)31-24(30-21)29-17-5-4-13(7-18(17)33-2)22(32)28-15-10-35-11-15/h7-14,18H,3-6H2,1-2H3,(H,29,35)(H,30,36)(H2,31,32,33,34);5-12H,1-4H3,(H,27,33)(H2,28,30,31,32);3-5,8,11-13,16H,6-7,9-10H2,1-2H3,(H,26,32)(H2,27,28,29,30);4-9,15H,10-11H2,1-3H3,(H,28,32)(H2,26,29,30,31). The summed E-state index contributed by atoms with van der Waals surface area (Å²) in [5, 5.41) is 29.9. The number of halogens is 4. The largest absolute Gasteiger partial charge is 0.495 e. The molecule has 5 amide bonds. The maximum absolute atomic E-state index is 13.9. The van der Waals surface area contributed by atoms with Gasteiger partial charge in [-0.2, -0.15) is 44.3 Å². The van der Waals surface area contributed by atoms with Gasteiger partial charge in [0.15, 0.2) is 11.5 Å². The molecule has 724 valence electrons. The van der Waals surface area contributed by atoms with Crippen molar-refractivity contribution in [3.05, 3.63) is 231 Å². The number of H-pyrrole nitrogens is 4. The van der Waals surface area contributed by atoms with Crippen LogP contribution in [0.2, 0.25) is 15.1 Å². The van der Waals surface area contributed by atoms with Crippen LogP contribution in [0.3, 0.4) is 0 Å². The van der Waals surface area contributed by atoms with Gasteiger partial charge in [0.25, 0.3) is 29.5 Å². The van der Waals surface area contributed by atoms with E-state index in [4.69, 9.17) is 82.3 Å². The summed E-state index contributed by atoms with van der Waals surface area (Å²) in [6.45, 7) is 9.77. The number of carbonyl (C=O) groups is 5. The first-order valence-corrected chi connectivity index (χ1v) is 46.2. The van der Waals surface area contributed by atoms with E-state index in [1.54, 1.807) is 132 Å². The zero-order chi connectivity index (χ0) is 98.8. The number of oxazole rings is 1. The van der Waals surface area contributed by atoms with Gasteiger partial charge < -0.3 is 110 Å². The Bertz CT molecular complexity index is 7540. The van der Waals surface area contributed by atoms with Crippen molar-refractivity contribution in [2.75, 3.05) is 90.1 Å². The number of ether oxygens (including phenoxy) is 7. The fourth-order valence-electron chi connectivity index (χ4n) is 16.2. The fraction of sp³-hybridized carbons (Fsp3) is 0.250. The number of carbonyl (C=O) groups excluding carboxylic acids is 5. The summed E-state index contributed by atoms with van der Waals surface area (Å²) in [6.07, 6.45) is 17.2. The van der Waals surface area contributed by atoms with Crippen molar-refractivity contribution >= 4 is 166 Å². The molecule has 1 aliphatic carbocycles. The molecule has 0 atom stereocenters. The number of nitrogens with one attached hydrogen (secondary N) is 13. The minimum atomic E-state index is -0.572. The average molecular weight is 1970 g/mol. The van der Waals surface area contributed by atoms with E-state index >= 15 is 0 Å². The van der Waals surface area contributed by atoms with Crippen molar-refractivity contribution < 1.29 is 65.9 Å². The molecule has 0 unspecified atom stereocenters. The molecule has 11 aromatic heterocycles. The van der Waals surface area contributed by atoms with Crippen LogP contribution in [-0.2, 0) is 16.5 Å². The molecule has 2 aliphatic heterocycles. The van der Waals surface area contributed by atoms with Crippen LogP contribution < -0.4 is 71.5 Å². The van der Waals surface area contributed by atoms with Gasteiger partial charge in [0.05, 0.1) is 112 Å². The lowest BCUT2D eigenvalue weighted by Crippen LogP contribution is -2.48. The van der Waals surface area contributed by atoms with Crippen LogP contribution >= 0.6 is 34.8 Å². The van der Waals surface area contributed by atoms with Crippen molar-refractivity contribution in [1.82, 2.24) is 101 Å². The second kappa shape index (κ2) is 42.9. The maximum atomic E-state index is 13.9. The van der Waals surface area contributed by atoms with Crippen LogP contribution in [-0.4, -0.2) is 197 Å². The van der Waals surface area contributed by atoms with Gasteiger partial charge in [-0.05, 0) is 172 Å². The lowest BCUT2D eigenvalue weighted by Gasteiger charge is -2.26. The number of amides is 5. The van der Waals surface area contributed by atoms with Crippen LogP contribution in [0.1, 0.15) is 116 Å². The number of pyridine rings is 1. The van der Waals surface area contributed by atoms with Gasteiger partial charge in [-0.3, -0.25) is 24.0 Å². The molecule has 13 N–H and O–H groups in total. The summed E-state index contributed by atoms with van der Waals surface area (Å²) in [5.74, 6) is 2.40. The first kappa shape index (κ1) is 96.6. The van der Waals surface area contributed by atoms with Crippen molar-refractivity contribution in [2.24, 2.45) is 7.05 Å². The van der Waals surface area contributed by atoms with E-state index in [1.165, 1.54) is 20.3 Å². The Balaban J connectivity index is 0.000000130. The summed E-state index contributed by atoms with van der Waals surface area (Å²) in [6, 6.07) is 38.4. The molecule has 37 nitrogen and oxygen atoms in total. The molecule has 13 heterocycles. The molecule has 2 saturated heterocycles. The third kappa shape index (κ3) is 22.1. The molecule has 0 spiro atoms. The molecular weight excluding hydrogens is 1870 g/mol. The van der Waals surface area contributed by atoms with Crippen LogP contribution in [0.5, 0.6) is 29.3 Å². The first-order chi connectivity index (χ1) is 68.2. The normalized spacial score (nSPS) is 13.1. The highest BCUT2D eigenvalue weighted by atomic mass is 35.5. The number of anilines is 8. The third-order valence-corrected chi connectivity index (χ3v) is 24.2. The molecule has 17 aromatic rings. The number of hydrogen-bond acceptors (Lipinski definition) is 27. The quantitative estimate of drug-likeness (QED) is 0.0224. The van der Waals surface area contributed by atoms with E-state index < -0.39 is 5.95 Å². The maximum Gasteiger partial charge on any atom is 0.251 e. The van der Waals surface area contributed by atoms with E-state index in [-0.39, 0.29) is 59.8 Å². The predicted molar refractivity (Wildman–Crippen MR) is 537 cm³/mol. The molecule has 6 aromatic carbocycles. The predicted octanol–water partition coefficient (Wildman–Crippen LogP) is 18.3. The molecule has 20 rings (SSSR count). The number of aryl methyl sites for hydroxylation is 3. The molecule has 141 heavy (non-hydrogen) atoms. The van der Waals surface area contributed by atoms with Crippen molar-refractivity contribution in [3.63, 3.8) is 0 Å². The smallest absolute Gasteiger partial charge is 0.251 e. The number of fused-ring (bicyclic) bond motifs is 5. The van der Waals surface area contributed by atoms with Crippen molar-refractivity contribution in [2.45, 2.75) is 90.6 Å². The second-order valence-corrected chi connectivity index (χ2v) is 34.6. The van der Waals surface area contributed by atoms with Gasteiger partial charge in [-0.25, -0.2) is 9.97 Å². The van der Waals surface area contributed by atoms with Crippen LogP contribution in [0.15, 0.2) is 175 Å². The van der Waals surface area contributed by atoms with Crippen LogP contribution in [0.25, 0.3) is 99.7 Å². The van der Waals surface area contributed by atoms with Gasteiger partial charge in [0.1, 0.15) is 46.1 Å². The minimum Gasteiger partial charge on any atom is -0.495 e. The Morgan fingerprint density at radius 2 is 0.879 bits per heavy atom. The molecule has 0 radical (unpaired) electrons. The number of aromatic amines is 4. The van der Waals surface area contributed by atoms with Gasteiger partial charge in [0, 0.05) is 160 Å². The molecule has 3 fully saturated rings. The molecule has 1 saturated carbocycles. The first-order valence-electron chi connectivity index (χ1n) is 45.1. The third-order valence-electron chi connectivity index (χ3n) is 23.2. The average Bonchev–Trinajstić information content (AvgIpc) is 1.64. The second-order valence-electron chi connectivity index (χ2n) is 33.3. The number of aromatic nitrogens is 15. The summed E-state index contributed by atoms with van der Waals surface area (Å²) < 4.78 is 62.1. The van der Waals surface area contributed by atoms with Gasteiger partial charge in [-0.1, -0.05) is 53.0 Å². The topological polar surface area (TPSA) is 468 Å². The lowest BCUT2D eigenvalue weighted by atomic mass is 10.0. The highest BCUT2D eigenvalue weighted by Gasteiger charge is 2.29. The van der Waals surface area contributed by atoms with Crippen LogP contribution in [0.4, 0.5) is 50.9 Å². The monoisotopic (exact) mass is 1970 g/mol. The number of rotatable bonds is 26. The van der Waals surface area contributed by atoms with E-state index in [0.717, 1.165) is 93.6 Å². The fourth-order valence-corrected chi connectivity index (χ4v) is 16.9. The zero-order valence-corrected chi connectivity index (χ0v) is 80.6. The summed E-state index contributed by atoms with van der Waals surface area (Å²) in [4.78, 5) is 118. The van der Waals surface area contributed by atoms with Crippen LogP contribution in [0, 0.1) is 19.8 Å². The van der Waals surface area contributed by atoms with Crippen molar-refractivity contribution in [1.29, 1.82) is 0 Å². The Kier molecular flexibility index (Phi) is 29.4. The van der Waals surface area contributed by atoms with E-state index in [1.807, 2.05) is 99.8 Å². The summed E-state index contributed by atoms with van der Waals surface area (Å²) in [5.41, 5.74) is 16.0. The molecule has 41 heteroatoms. The van der Waals surface area contributed by atoms with E-state index in [2.05, 4.69) is 108 Å². The summed E-state index contributed by atoms with van der Waals surface area (Å²) >= 11 is 19.3. The highest BCUT2D eigenvalue weighted by molar-refractivity contribution is 6.34. The van der Waals surface area contributed by atoms with Gasteiger partial charge >= 0.3 is 0 Å². The Hall–Kier alpha value is -16.0. The van der Waals surface area contributed by atoms with Crippen molar-refractivity contribution in [3.8, 4) is 73.8 Å². The summed E-state index contributed by atoms with van der Waals surface area (Å²) in [7, 11) is 11.3. The van der Waals surface area contributed by atoms with Gasteiger partial charge in [-0.15, -0.1) is 0 Å². The number of methoxy groups -OCH3 is 2. The van der Waals surface area contributed by atoms with E-state index in [0.29, 0.717) is 195 Å². The lowest BCUT2D eigenvalue weighted by molar-refractivity contribution is -0.00346. The number of nitrogens with zero attached hydrogens (tertiary/aromatic N) is 11. The molecular formula is C100H98Cl3FN24O13. The zero-order valence-electron chi connectivity index (χ0n) is 78.3. The Morgan fingerprint density at radius 3 is 1.34 bits per heavy atom. The van der Waals surface area contributed by atoms with Gasteiger partial charge in [0.2, 0.25) is 53.3 Å². The Morgan fingerprint density at radius 1 is 0.447 bits per heavy atom. The minimum absolute atomic E-state index is 0.00801. The molecule has 3 aliphatic rings. The Labute approximate surface area is 820 Å². The number of benzene rings is 6. The highest BCUT2D eigenvalue weighted by Crippen LogP contribution is 2.44. The molecule has 0 bridgehead atoms.